The van der Waals surface area contributed by atoms with E-state index in [4.69, 9.17) is 5.73 Å². The molecule has 0 heterocycles. The first-order valence-electron chi connectivity index (χ1n) is 6.11. The number of rotatable bonds is 0. The van der Waals surface area contributed by atoms with Crippen molar-refractivity contribution in [2.45, 2.75) is 76.7 Å². The summed E-state index contributed by atoms with van der Waals surface area (Å²) in [5, 5.41) is 0. The summed E-state index contributed by atoms with van der Waals surface area (Å²) in [6.45, 7) is 0. The van der Waals surface area contributed by atoms with Gasteiger partial charge < -0.3 is 0 Å². The van der Waals surface area contributed by atoms with Crippen LogP contribution in [0.3, 0.4) is 0 Å². The van der Waals surface area contributed by atoms with Gasteiger partial charge in [0, 0.05) is 6.04 Å². The van der Waals surface area contributed by atoms with E-state index >= 15 is 0 Å². The predicted octanol–water partition coefficient (Wildman–Crippen LogP) is 3.94. The summed E-state index contributed by atoms with van der Waals surface area (Å²) < 4.78 is 0. The zero-order chi connectivity index (χ0) is 9.36. The zero-order valence-electron chi connectivity index (χ0n) is 8.86. The molecule has 0 saturated heterocycles. The van der Waals surface area contributed by atoms with Gasteiger partial charge in [-0.25, -0.2) is 0 Å². The molecule has 0 bridgehead atoms. The Bertz CT molecular complexity index is 99.7. The smallest absolute Gasteiger partial charge is 0.0213 e. The average molecular weight is 182 g/mol. The second-order valence-electron chi connectivity index (χ2n) is 4.46. The van der Waals surface area contributed by atoms with Gasteiger partial charge in [0.15, 0.2) is 0 Å². The van der Waals surface area contributed by atoms with Gasteiger partial charge in [0.1, 0.15) is 0 Å². The van der Waals surface area contributed by atoms with Gasteiger partial charge in [-0.15, -0.1) is 0 Å². The molecule has 1 saturated carbocycles. The molecule has 1 aliphatic carbocycles. The van der Waals surface area contributed by atoms with Crippen LogP contribution in [0.4, 0.5) is 0 Å². The Hall–Kier alpha value is -0.0400. The summed E-state index contributed by atoms with van der Waals surface area (Å²) in [7, 11) is 0. The van der Waals surface area contributed by atoms with Crippen molar-refractivity contribution in [2.24, 2.45) is 0 Å². The lowest BCUT2D eigenvalue weighted by molar-refractivity contribution is 0.458. The molecule has 1 fully saturated rings. The van der Waals surface area contributed by atoms with Gasteiger partial charge in [0.25, 0.3) is 0 Å². The van der Waals surface area contributed by atoms with Gasteiger partial charge in [-0.2, -0.15) is 0 Å². The lowest BCUT2D eigenvalue weighted by Crippen LogP contribution is -2.08. The first-order valence-corrected chi connectivity index (χ1v) is 6.11. The summed E-state index contributed by atoms with van der Waals surface area (Å²) in [5.74, 6) is 0. The van der Waals surface area contributed by atoms with E-state index in [1.807, 2.05) is 0 Å². The minimum Gasteiger partial charge on any atom is -0.255 e. The standard InChI is InChI=1S/C12H24N/c13-12-10-8-6-4-2-1-3-5-7-9-11-12/h12-13H,1-11H2. The first kappa shape index (κ1) is 11.0. The second kappa shape index (κ2) is 7.37. The molecule has 1 rings (SSSR count). The van der Waals surface area contributed by atoms with Crippen molar-refractivity contribution in [2.75, 3.05) is 0 Å². The Morgan fingerprint density at radius 2 is 0.846 bits per heavy atom. The van der Waals surface area contributed by atoms with Crippen LogP contribution in [0, 0.1) is 0 Å². The zero-order valence-corrected chi connectivity index (χ0v) is 8.86. The highest BCUT2D eigenvalue weighted by Gasteiger charge is 2.04. The third-order valence-electron chi connectivity index (χ3n) is 3.11. The minimum absolute atomic E-state index is 0.249. The van der Waals surface area contributed by atoms with Crippen LogP contribution in [0.1, 0.15) is 70.6 Å². The highest BCUT2D eigenvalue weighted by atomic mass is 14.6. The molecule has 0 atom stereocenters. The van der Waals surface area contributed by atoms with Gasteiger partial charge in [0.05, 0.1) is 0 Å². The van der Waals surface area contributed by atoms with Crippen LogP contribution in [0.25, 0.3) is 0 Å². The monoisotopic (exact) mass is 182 g/mol. The van der Waals surface area contributed by atoms with Crippen LogP contribution in [0.15, 0.2) is 0 Å². The average Bonchev–Trinajstić information content (AvgIpc) is 2.11. The van der Waals surface area contributed by atoms with E-state index in [0.29, 0.717) is 0 Å². The predicted molar refractivity (Wildman–Crippen MR) is 57.7 cm³/mol. The summed E-state index contributed by atoms with van der Waals surface area (Å²) in [6, 6.07) is 0.249. The highest BCUT2D eigenvalue weighted by molar-refractivity contribution is 4.62. The molecule has 1 nitrogen and oxygen atoms in total. The lowest BCUT2D eigenvalue weighted by atomic mass is 9.99. The molecule has 1 aliphatic rings. The molecule has 0 aromatic rings. The van der Waals surface area contributed by atoms with E-state index in [0.717, 1.165) is 12.8 Å². The van der Waals surface area contributed by atoms with Crippen LogP contribution in [-0.2, 0) is 0 Å². The molecule has 1 radical (unpaired) electrons. The SMILES string of the molecule is [NH]C1CCCCCCCCCCC1. The third kappa shape index (κ3) is 6.09. The van der Waals surface area contributed by atoms with Crippen LogP contribution in [0.5, 0.6) is 0 Å². The van der Waals surface area contributed by atoms with Crippen LogP contribution in [-0.4, -0.2) is 6.04 Å². The Labute approximate surface area is 83.1 Å². The van der Waals surface area contributed by atoms with Crippen molar-refractivity contribution >= 4 is 0 Å². The summed E-state index contributed by atoms with van der Waals surface area (Å²) in [5.41, 5.74) is 7.80. The van der Waals surface area contributed by atoms with E-state index in [2.05, 4.69) is 0 Å². The van der Waals surface area contributed by atoms with E-state index in [1.165, 1.54) is 57.8 Å². The first-order chi connectivity index (χ1) is 6.39. The molecule has 0 aliphatic heterocycles. The molecule has 77 valence electrons. The molecule has 0 amide bonds. The largest absolute Gasteiger partial charge is 0.255 e. The topological polar surface area (TPSA) is 23.8 Å². The molecular weight excluding hydrogens is 158 g/mol. The van der Waals surface area contributed by atoms with Crippen LogP contribution in [0.2, 0.25) is 0 Å². The number of nitrogens with one attached hydrogen (secondary N) is 1. The lowest BCUT2D eigenvalue weighted by Gasteiger charge is -2.11. The molecule has 1 heteroatoms. The molecule has 1 N–H and O–H groups in total. The quantitative estimate of drug-likeness (QED) is 0.542. The van der Waals surface area contributed by atoms with Crippen molar-refractivity contribution in [3.63, 3.8) is 0 Å². The number of hydrogen-bond donors (Lipinski definition) is 0. The van der Waals surface area contributed by atoms with Gasteiger partial charge in [-0.05, 0) is 12.8 Å². The third-order valence-corrected chi connectivity index (χ3v) is 3.11. The fraction of sp³-hybridized carbons (Fsp3) is 1.00. The normalized spacial score (nSPS) is 24.7. The summed E-state index contributed by atoms with van der Waals surface area (Å²) >= 11 is 0. The van der Waals surface area contributed by atoms with Gasteiger partial charge in [0.2, 0.25) is 0 Å². The Balaban J connectivity index is 2.11. The fourth-order valence-electron chi connectivity index (χ4n) is 2.16. The molecule has 0 aromatic heterocycles. The van der Waals surface area contributed by atoms with Crippen molar-refractivity contribution in [3.05, 3.63) is 0 Å². The van der Waals surface area contributed by atoms with E-state index < -0.39 is 0 Å². The van der Waals surface area contributed by atoms with Gasteiger partial charge in [-0.3, -0.25) is 5.73 Å². The van der Waals surface area contributed by atoms with Gasteiger partial charge >= 0.3 is 0 Å². The second-order valence-corrected chi connectivity index (χ2v) is 4.46. The van der Waals surface area contributed by atoms with Crippen molar-refractivity contribution in [1.82, 2.24) is 5.73 Å². The van der Waals surface area contributed by atoms with E-state index in [1.54, 1.807) is 0 Å². The molecule has 13 heavy (non-hydrogen) atoms. The summed E-state index contributed by atoms with van der Waals surface area (Å²) in [6.07, 6.45) is 14.8. The highest BCUT2D eigenvalue weighted by Crippen LogP contribution is 2.16. The maximum atomic E-state index is 7.80. The van der Waals surface area contributed by atoms with Crippen molar-refractivity contribution in [3.8, 4) is 0 Å². The minimum atomic E-state index is 0.249. The fourth-order valence-corrected chi connectivity index (χ4v) is 2.16. The molecule has 0 aromatic carbocycles. The van der Waals surface area contributed by atoms with Crippen molar-refractivity contribution < 1.29 is 0 Å². The maximum Gasteiger partial charge on any atom is 0.0213 e. The Morgan fingerprint density at radius 1 is 0.538 bits per heavy atom. The van der Waals surface area contributed by atoms with Crippen molar-refractivity contribution in [1.29, 1.82) is 0 Å². The maximum absolute atomic E-state index is 7.80. The number of hydrogen-bond acceptors (Lipinski definition) is 0. The summed E-state index contributed by atoms with van der Waals surface area (Å²) in [4.78, 5) is 0. The van der Waals surface area contributed by atoms with Crippen LogP contribution < -0.4 is 5.73 Å². The van der Waals surface area contributed by atoms with E-state index in [9.17, 15) is 0 Å². The Morgan fingerprint density at radius 3 is 1.23 bits per heavy atom. The van der Waals surface area contributed by atoms with E-state index in [-0.39, 0.29) is 6.04 Å². The van der Waals surface area contributed by atoms with Gasteiger partial charge in [-0.1, -0.05) is 57.8 Å². The molecule has 0 unspecified atom stereocenters. The molecule has 0 spiro atoms. The van der Waals surface area contributed by atoms with Crippen LogP contribution >= 0.6 is 0 Å². The molecular formula is C12H24N. The Kier molecular flexibility index (Phi) is 6.26.